The zero-order valence-electron chi connectivity index (χ0n) is 16.5. The molecule has 1 aromatic carbocycles. The molecule has 0 unspecified atom stereocenters. The predicted molar refractivity (Wildman–Crippen MR) is 109 cm³/mol. The first-order valence-electron chi connectivity index (χ1n) is 10.1. The van der Waals surface area contributed by atoms with Crippen molar-refractivity contribution in [1.29, 1.82) is 0 Å². The molecule has 1 aromatic heterocycles. The van der Waals surface area contributed by atoms with E-state index in [4.69, 9.17) is 0 Å². The summed E-state index contributed by atoms with van der Waals surface area (Å²) < 4.78 is 0. The fourth-order valence-corrected chi connectivity index (χ4v) is 4.05. The molecule has 1 fully saturated rings. The van der Waals surface area contributed by atoms with Gasteiger partial charge in [-0.05, 0) is 68.4 Å². The molecule has 0 saturated carbocycles. The van der Waals surface area contributed by atoms with Crippen LogP contribution in [-0.2, 0) is 4.79 Å². The summed E-state index contributed by atoms with van der Waals surface area (Å²) in [5.41, 5.74) is 2.40. The van der Waals surface area contributed by atoms with Gasteiger partial charge in [-0.2, -0.15) is 0 Å². The Morgan fingerprint density at radius 2 is 1.85 bits per heavy atom. The van der Waals surface area contributed by atoms with Gasteiger partial charge in [-0.15, -0.1) is 0 Å². The van der Waals surface area contributed by atoms with Crippen LogP contribution in [0.4, 0.5) is 0 Å². The Labute approximate surface area is 163 Å². The van der Waals surface area contributed by atoms with Gasteiger partial charge in [0.15, 0.2) is 0 Å². The van der Waals surface area contributed by atoms with Crippen LogP contribution < -0.4 is 5.32 Å². The number of likely N-dealkylation sites (tertiary alicyclic amines) is 1. The standard InChI is InChI=1S/C23H31N3O/c1-18(20-8-4-3-5-9-20)11-15-26-16-12-21(13-17-26)23(25-19(2)27)22-10-6-7-14-24-22/h3-10,14,18,21,23H,11-13,15-17H2,1-2H3,(H,25,27)/t18-,23-/m0/s1. The molecule has 4 heteroatoms. The molecule has 4 nitrogen and oxygen atoms in total. The van der Waals surface area contributed by atoms with Gasteiger partial charge in [0, 0.05) is 13.1 Å². The fraction of sp³-hybridized carbons (Fsp3) is 0.478. The molecule has 1 amide bonds. The highest BCUT2D eigenvalue weighted by Gasteiger charge is 2.29. The van der Waals surface area contributed by atoms with Crippen LogP contribution in [0.25, 0.3) is 0 Å². The summed E-state index contributed by atoms with van der Waals surface area (Å²) >= 11 is 0. The highest BCUT2D eigenvalue weighted by atomic mass is 16.1. The van der Waals surface area contributed by atoms with Crippen LogP contribution in [0.1, 0.15) is 56.3 Å². The summed E-state index contributed by atoms with van der Waals surface area (Å²) in [6.45, 7) is 7.23. The molecular weight excluding hydrogens is 334 g/mol. The maximum atomic E-state index is 11.7. The second kappa shape index (κ2) is 9.65. The van der Waals surface area contributed by atoms with Gasteiger partial charge >= 0.3 is 0 Å². The second-order valence-electron chi connectivity index (χ2n) is 7.71. The molecule has 144 valence electrons. The van der Waals surface area contributed by atoms with E-state index in [-0.39, 0.29) is 11.9 Å². The maximum absolute atomic E-state index is 11.7. The molecule has 1 N–H and O–H groups in total. The predicted octanol–water partition coefficient (Wildman–Crippen LogP) is 4.16. The molecule has 0 radical (unpaired) electrons. The monoisotopic (exact) mass is 365 g/mol. The van der Waals surface area contributed by atoms with E-state index < -0.39 is 0 Å². The van der Waals surface area contributed by atoms with Crippen molar-refractivity contribution in [2.24, 2.45) is 5.92 Å². The minimum atomic E-state index is 0.0183. The number of amides is 1. The number of carbonyl (C=O) groups is 1. The van der Waals surface area contributed by atoms with Crippen molar-refractivity contribution in [3.63, 3.8) is 0 Å². The van der Waals surface area contributed by atoms with Crippen molar-refractivity contribution < 1.29 is 4.79 Å². The van der Waals surface area contributed by atoms with Gasteiger partial charge in [-0.3, -0.25) is 9.78 Å². The highest BCUT2D eigenvalue weighted by Crippen LogP contribution is 2.30. The van der Waals surface area contributed by atoms with Crippen molar-refractivity contribution >= 4 is 5.91 Å². The van der Waals surface area contributed by atoms with Crippen LogP contribution in [-0.4, -0.2) is 35.4 Å². The number of pyridine rings is 1. The average molecular weight is 366 g/mol. The van der Waals surface area contributed by atoms with E-state index in [1.165, 1.54) is 12.0 Å². The fourth-order valence-electron chi connectivity index (χ4n) is 4.05. The van der Waals surface area contributed by atoms with E-state index in [2.05, 4.69) is 52.5 Å². The quantitative estimate of drug-likeness (QED) is 0.801. The molecule has 1 aliphatic heterocycles. The van der Waals surface area contributed by atoms with Gasteiger partial charge in [-0.1, -0.05) is 43.3 Å². The third-order valence-corrected chi connectivity index (χ3v) is 5.72. The number of piperidine rings is 1. The van der Waals surface area contributed by atoms with Gasteiger partial charge in [-0.25, -0.2) is 0 Å². The molecule has 1 saturated heterocycles. The lowest BCUT2D eigenvalue weighted by molar-refractivity contribution is -0.120. The van der Waals surface area contributed by atoms with Crippen molar-refractivity contribution in [3.8, 4) is 0 Å². The maximum Gasteiger partial charge on any atom is 0.217 e. The third-order valence-electron chi connectivity index (χ3n) is 5.72. The highest BCUT2D eigenvalue weighted by molar-refractivity contribution is 5.73. The Balaban J connectivity index is 1.52. The van der Waals surface area contributed by atoms with E-state index >= 15 is 0 Å². The molecule has 0 bridgehead atoms. The van der Waals surface area contributed by atoms with Crippen LogP contribution in [0.2, 0.25) is 0 Å². The molecule has 0 aliphatic carbocycles. The smallest absolute Gasteiger partial charge is 0.217 e. The van der Waals surface area contributed by atoms with Crippen molar-refractivity contribution in [2.75, 3.05) is 19.6 Å². The lowest BCUT2D eigenvalue weighted by Gasteiger charge is -2.36. The molecule has 2 atom stereocenters. The van der Waals surface area contributed by atoms with E-state index in [1.54, 1.807) is 6.92 Å². The Morgan fingerprint density at radius 3 is 2.48 bits per heavy atom. The number of hydrogen-bond donors (Lipinski definition) is 1. The molecular formula is C23H31N3O. The summed E-state index contributed by atoms with van der Waals surface area (Å²) in [7, 11) is 0. The first-order chi connectivity index (χ1) is 13.1. The molecule has 0 spiro atoms. The number of aromatic nitrogens is 1. The second-order valence-corrected chi connectivity index (χ2v) is 7.71. The lowest BCUT2D eigenvalue weighted by Crippen LogP contribution is -2.41. The number of carbonyl (C=O) groups excluding carboxylic acids is 1. The van der Waals surface area contributed by atoms with Crippen LogP contribution >= 0.6 is 0 Å². The summed E-state index contributed by atoms with van der Waals surface area (Å²) in [5, 5.41) is 3.13. The molecule has 1 aliphatic rings. The number of benzene rings is 1. The minimum Gasteiger partial charge on any atom is -0.348 e. The third kappa shape index (κ3) is 5.64. The Bertz CT molecular complexity index is 696. The van der Waals surface area contributed by atoms with Gasteiger partial charge in [0.25, 0.3) is 0 Å². The van der Waals surface area contributed by atoms with Gasteiger partial charge in [0.1, 0.15) is 0 Å². The lowest BCUT2D eigenvalue weighted by atomic mass is 9.87. The van der Waals surface area contributed by atoms with Crippen LogP contribution in [0.5, 0.6) is 0 Å². The molecule has 2 aromatic rings. The zero-order chi connectivity index (χ0) is 19.1. The normalized spacial score (nSPS) is 18.0. The van der Waals surface area contributed by atoms with Crippen molar-refractivity contribution in [3.05, 3.63) is 66.0 Å². The van der Waals surface area contributed by atoms with E-state index in [0.29, 0.717) is 11.8 Å². The van der Waals surface area contributed by atoms with Crippen molar-refractivity contribution in [1.82, 2.24) is 15.2 Å². The number of nitrogens with zero attached hydrogens (tertiary/aromatic N) is 2. The Hall–Kier alpha value is -2.20. The number of rotatable bonds is 7. The van der Waals surface area contributed by atoms with E-state index in [9.17, 15) is 4.79 Å². The summed E-state index contributed by atoms with van der Waals surface area (Å²) in [5.74, 6) is 1.06. The van der Waals surface area contributed by atoms with Gasteiger partial charge in [0.2, 0.25) is 5.91 Å². The largest absolute Gasteiger partial charge is 0.348 e. The summed E-state index contributed by atoms with van der Waals surface area (Å²) in [4.78, 5) is 18.8. The van der Waals surface area contributed by atoms with E-state index in [1.807, 2.05) is 24.4 Å². The average Bonchev–Trinajstić information content (AvgIpc) is 2.72. The molecule has 2 heterocycles. The molecule has 3 rings (SSSR count). The van der Waals surface area contributed by atoms with Gasteiger partial charge < -0.3 is 10.2 Å². The van der Waals surface area contributed by atoms with Crippen molar-refractivity contribution in [2.45, 2.75) is 45.1 Å². The Kier molecular flexibility index (Phi) is 6.99. The minimum absolute atomic E-state index is 0.0183. The SMILES string of the molecule is CC(=O)N[C@H](c1ccccn1)C1CCN(CC[C@H](C)c2ccccc2)CC1. The summed E-state index contributed by atoms with van der Waals surface area (Å²) in [6, 6.07) is 16.7. The molecule has 27 heavy (non-hydrogen) atoms. The summed E-state index contributed by atoms with van der Waals surface area (Å²) in [6.07, 6.45) is 5.19. The van der Waals surface area contributed by atoms with Crippen LogP contribution in [0, 0.1) is 5.92 Å². The van der Waals surface area contributed by atoms with Crippen LogP contribution in [0.15, 0.2) is 54.7 Å². The van der Waals surface area contributed by atoms with E-state index in [0.717, 1.165) is 38.2 Å². The topological polar surface area (TPSA) is 45.2 Å². The number of nitrogens with one attached hydrogen (secondary N) is 1. The van der Waals surface area contributed by atoms with Gasteiger partial charge in [0.05, 0.1) is 11.7 Å². The first kappa shape index (κ1) is 19.6. The number of hydrogen-bond acceptors (Lipinski definition) is 3. The Morgan fingerprint density at radius 1 is 1.15 bits per heavy atom. The first-order valence-corrected chi connectivity index (χ1v) is 10.1. The zero-order valence-corrected chi connectivity index (χ0v) is 16.5. The van der Waals surface area contributed by atoms with Crippen LogP contribution in [0.3, 0.4) is 0 Å².